The Hall–Kier alpha value is -1.61. The molecule has 1 saturated heterocycles. The molecule has 1 fully saturated rings. The smallest absolute Gasteiger partial charge is 0.305 e. The van der Waals surface area contributed by atoms with Gasteiger partial charge in [0, 0.05) is 25.3 Å². The largest absolute Gasteiger partial charge is 0.471 e. The number of anilines is 1. The van der Waals surface area contributed by atoms with Gasteiger partial charge in [0.1, 0.15) is 0 Å². The molecule has 0 spiro atoms. The Labute approximate surface area is 145 Å². The average Bonchev–Trinajstić information content (AvgIpc) is 2.55. The van der Waals surface area contributed by atoms with Gasteiger partial charge < -0.3 is 4.90 Å². The average molecular weight is 378 g/mol. The van der Waals surface area contributed by atoms with Gasteiger partial charge in [-0.2, -0.15) is 17.5 Å². The molecule has 140 valence electrons. The molecule has 0 N–H and O–H groups in total. The number of hydrogen-bond donors (Lipinski definition) is 0. The van der Waals surface area contributed by atoms with Crippen molar-refractivity contribution in [1.29, 1.82) is 0 Å². The van der Waals surface area contributed by atoms with E-state index in [1.165, 1.54) is 35.5 Å². The first-order valence-corrected chi connectivity index (χ1v) is 9.50. The fraction of sp³-hybridized carbons (Fsp3) is 0.562. The third-order valence-corrected chi connectivity index (χ3v) is 6.25. The van der Waals surface area contributed by atoms with E-state index in [-0.39, 0.29) is 17.1 Å². The van der Waals surface area contributed by atoms with Crippen LogP contribution in [-0.4, -0.2) is 44.4 Å². The summed E-state index contributed by atoms with van der Waals surface area (Å²) in [6.45, 7) is 4.17. The minimum Gasteiger partial charge on any atom is -0.305 e. The minimum atomic E-state index is -4.98. The third-order valence-electron chi connectivity index (χ3n) is 4.33. The normalized spacial score (nSPS) is 17.5. The number of amides is 1. The Balaban J connectivity index is 2.22. The number of halogens is 3. The molecule has 0 saturated carbocycles. The highest BCUT2D eigenvalue weighted by molar-refractivity contribution is 7.89. The Morgan fingerprint density at radius 3 is 2.16 bits per heavy atom. The second-order valence-electron chi connectivity index (χ2n) is 6.13. The van der Waals surface area contributed by atoms with Gasteiger partial charge in [0.2, 0.25) is 10.0 Å². The third kappa shape index (κ3) is 4.33. The second kappa shape index (κ2) is 7.33. The number of piperidine rings is 1. The molecule has 1 aromatic carbocycles. The maximum absolute atomic E-state index is 12.6. The number of alkyl halides is 3. The lowest BCUT2D eigenvalue weighted by Gasteiger charge is -2.29. The molecule has 1 aliphatic rings. The van der Waals surface area contributed by atoms with Crippen molar-refractivity contribution in [2.75, 3.05) is 24.5 Å². The van der Waals surface area contributed by atoms with Gasteiger partial charge in [-0.05, 0) is 49.9 Å². The summed E-state index contributed by atoms with van der Waals surface area (Å²) in [6.07, 6.45) is -3.42. The Morgan fingerprint density at radius 2 is 1.72 bits per heavy atom. The SMILES string of the molecule is CCN(C(=O)C(F)(F)F)c1ccc(S(=O)(=O)N2CCC(C)CC2)cc1. The molecule has 9 heteroatoms. The van der Waals surface area contributed by atoms with Crippen LogP contribution in [0, 0.1) is 5.92 Å². The molecule has 1 heterocycles. The molecular formula is C16H21F3N2O3S. The van der Waals surface area contributed by atoms with Crippen molar-refractivity contribution < 1.29 is 26.4 Å². The first kappa shape index (κ1) is 19.7. The van der Waals surface area contributed by atoms with E-state index in [1.54, 1.807) is 0 Å². The zero-order valence-corrected chi connectivity index (χ0v) is 14.9. The van der Waals surface area contributed by atoms with Crippen molar-refractivity contribution in [3.63, 3.8) is 0 Å². The van der Waals surface area contributed by atoms with E-state index in [0.717, 1.165) is 12.8 Å². The van der Waals surface area contributed by atoms with E-state index in [1.807, 2.05) is 0 Å². The summed E-state index contributed by atoms with van der Waals surface area (Å²) in [4.78, 5) is 12.0. The number of sulfonamides is 1. The molecule has 0 bridgehead atoms. The molecule has 0 unspecified atom stereocenters. The molecule has 0 aliphatic carbocycles. The molecular weight excluding hydrogens is 357 g/mol. The van der Waals surface area contributed by atoms with E-state index >= 15 is 0 Å². The van der Waals surface area contributed by atoms with Gasteiger partial charge in [-0.25, -0.2) is 8.42 Å². The van der Waals surface area contributed by atoms with Gasteiger partial charge in [-0.1, -0.05) is 6.92 Å². The number of hydrogen-bond acceptors (Lipinski definition) is 3. The van der Waals surface area contributed by atoms with Crippen LogP contribution in [0.5, 0.6) is 0 Å². The fourth-order valence-electron chi connectivity index (χ4n) is 2.77. The van der Waals surface area contributed by atoms with Crippen LogP contribution in [0.3, 0.4) is 0 Å². The molecule has 5 nitrogen and oxygen atoms in total. The van der Waals surface area contributed by atoms with Crippen LogP contribution in [0.1, 0.15) is 26.7 Å². The predicted molar refractivity (Wildman–Crippen MR) is 87.7 cm³/mol. The monoisotopic (exact) mass is 378 g/mol. The summed E-state index contributed by atoms with van der Waals surface area (Å²) < 4.78 is 64.5. The summed E-state index contributed by atoms with van der Waals surface area (Å²) >= 11 is 0. The highest BCUT2D eigenvalue weighted by atomic mass is 32.2. The summed E-state index contributed by atoms with van der Waals surface area (Å²) in [7, 11) is -3.68. The van der Waals surface area contributed by atoms with Crippen molar-refractivity contribution in [2.45, 2.75) is 37.8 Å². The van der Waals surface area contributed by atoms with Crippen LogP contribution < -0.4 is 4.90 Å². The van der Waals surface area contributed by atoms with Gasteiger partial charge >= 0.3 is 12.1 Å². The predicted octanol–water partition coefficient (Wildman–Crippen LogP) is 3.02. The number of benzene rings is 1. The van der Waals surface area contributed by atoms with Gasteiger partial charge in [-0.3, -0.25) is 4.79 Å². The number of rotatable bonds is 4. The quantitative estimate of drug-likeness (QED) is 0.809. The molecule has 1 aliphatic heterocycles. The van der Waals surface area contributed by atoms with Crippen LogP contribution in [0.25, 0.3) is 0 Å². The van der Waals surface area contributed by atoms with Crippen LogP contribution in [0.15, 0.2) is 29.2 Å². The van der Waals surface area contributed by atoms with E-state index in [2.05, 4.69) is 6.92 Å². The zero-order valence-electron chi connectivity index (χ0n) is 14.1. The van der Waals surface area contributed by atoms with Gasteiger partial charge in [-0.15, -0.1) is 0 Å². The lowest BCUT2D eigenvalue weighted by Crippen LogP contribution is -2.41. The van der Waals surface area contributed by atoms with Crippen molar-refractivity contribution >= 4 is 21.6 Å². The lowest BCUT2D eigenvalue weighted by molar-refractivity contribution is -0.170. The molecule has 2 rings (SSSR count). The molecule has 1 aromatic rings. The van der Waals surface area contributed by atoms with Crippen LogP contribution in [-0.2, 0) is 14.8 Å². The topological polar surface area (TPSA) is 57.7 Å². The number of carbonyl (C=O) groups is 1. The van der Waals surface area contributed by atoms with Crippen LogP contribution in [0.4, 0.5) is 18.9 Å². The van der Waals surface area contributed by atoms with Crippen molar-refractivity contribution in [3.8, 4) is 0 Å². The molecule has 0 atom stereocenters. The molecule has 25 heavy (non-hydrogen) atoms. The van der Waals surface area contributed by atoms with Crippen molar-refractivity contribution in [1.82, 2.24) is 4.31 Å². The highest BCUT2D eigenvalue weighted by Gasteiger charge is 2.42. The fourth-order valence-corrected chi connectivity index (χ4v) is 4.24. The maximum atomic E-state index is 12.6. The van der Waals surface area contributed by atoms with E-state index < -0.39 is 22.1 Å². The minimum absolute atomic E-state index is 0.0102. The van der Waals surface area contributed by atoms with Gasteiger partial charge in [0.15, 0.2) is 0 Å². The van der Waals surface area contributed by atoms with Gasteiger partial charge in [0.25, 0.3) is 0 Å². The molecule has 0 aromatic heterocycles. The zero-order chi connectivity index (χ0) is 18.8. The van der Waals surface area contributed by atoms with Crippen molar-refractivity contribution in [3.05, 3.63) is 24.3 Å². The Kier molecular flexibility index (Phi) is 5.78. The van der Waals surface area contributed by atoms with Crippen molar-refractivity contribution in [2.24, 2.45) is 5.92 Å². The lowest BCUT2D eigenvalue weighted by atomic mass is 10.0. The summed E-state index contributed by atoms with van der Waals surface area (Å²) in [5.74, 6) is -1.50. The molecule has 0 radical (unpaired) electrons. The number of nitrogens with zero attached hydrogens (tertiary/aromatic N) is 2. The van der Waals surface area contributed by atoms with E-state index in [4.69, 9.17) is 0 Å². The van der Waals surface area contributed by atoms with E-state index in [0.29, 0.717) is 23.9 Å². The molecule has 1 amide bonds. The van der Waals surface area contributed by atoms with Crippen LogP contribution in [0.2, 0.25) is 0 Å². The second-order valence-corrected chi connectivity index (χ2v) is 8.07. The Bertz CT molecular complexity index is 709. The first-order chi connectivity index (χ1) is 11.6. The standard InChI is InChI=1S/C16H21F3N2O3S/c1-3-21(15(22)16(17,18)19)13-4-6-14(7-5-13)25(23,24)20-10-8-12(2)9-11-20/h4-7,12H,3,8-11H2,1-2H3. The highest BCUT2D eigenvalue weighted by Crippen LogP contribution is 2.27. The summed E-state index contributed by atoms with van der Waals surface area (Å²) in [5.41, 5.74) is 0.0102. The number of carbonyl (C=O) groups excluding carboxylic acids is 1. The van der Waals surface area contributed by atoms with Crippen LogP contribution >= 0.6 is 0 Å². The maximum Gasteiger partial charge on any atom is 0.471 e. The van der Waals surface area contributed by atoms with Gasteiger partial charge in [0.05, 0.1) is 4.90 Å². The van der Waals surface area contributed by atoms with E-state index in [9.17, 15) is 26.4 Å². The first-order valence-electron chi connectivity index (χ1n) is 8.06. The summed E-state index contributed by atoms with van der Waals surface area (Å²) in [5, 5.41) is 0. The summed E-state index contributed by atoms with van der Waals surface area (Å²) in [6, 6.07) is 4.95. The Morgan fingerprint density at radius 1 is 1.20 bits per heavy atom.